The van der Waals surface area contributed by atoms with E-state index in [4.69, 9.17) is 9.98 Å². The van der Waals surface area contributed by atoms with Crippen molar-refractivity contribution in [2.45, 2.75) is 25.3 Å². The van der Waals surface area contributed by atoms with Gasteiger partial charge in [-0.3, -0.25) is 4.99 Å². The molecule has 0 spiro atoms. The van der Waals surface area contributed by atoms with Crippen LogP contribution in [0.25, 0.3) is 32.3 Å². The van der Waals surface area contributed by atoms with Gasteiger partial charge in [0, 0.05) is 10.0 Å². The van der Waals surface area contributed by atoms with Crippen molar-refractivity contribution in [1.29, 1.82) is 0 Å². The van der Waals surface area contributed by atoms with Crippen LogP contribution in [0, 0.1) is 0 Å². The second-order valence-corrected chi connectivity index (χ2v) is 11.0. The zero-order valence-corrected chi connectivity index (χ0v) is 23.1. The van der Waals surface area contributed by atoms with Crippen LogP contribution in [-0.4, -0.2) is 11.5 Å². The lowest BCUT2D eigenvalue weighted by Crippen LogP contribution is -2.13. The van der Waals surface area contributed by atoms with Crippen LogP contribution >= 0.6 is 15.9 Å². The molecule has 0 radical (unpaired) electrons. The van der Waals surface area contributed by atoms with Crippen molar-refractivity contribution >= 4 is 59.8 Å². The van der Waals surface area contributed by atoms with Crippen LogP contribution in [0.3, 0.4) is 0 Å². The van der Waals surface area contributed by atoms with Crippen molar-refractivity contribution in [3.63, 3.8) is 0 Å². The van der Waals surface area contributed by atoms with Gasteiger partial charge in [0.15, 0.2) is 5.84 Å². The summed E-state index contributed by atoms with van der Waals surface area (Å²) >= 11 is 3.94. The van der Waals surface area contributed by atoms with Gasteiger partial charge in [-0.15, -0.1) is 0 Å². The highest BCUT2D eigenvalue weighted by atomic mass is 79.9. The molecule has 188 valence electrons. The molecule has 0 aliphatic carbocycles. The van der Waals surface area contributed by atoms with E-state index in [1.165, 1.54) is 37.9 Å². The Balaban J connectivity index is 1.47. The molecule has 2 nitrogen and oxygen atoms in total. The normalized spacial score (nSPS) is 18.7. The Bertz CT molecular complexity index is 1900. The Morgan fingerprint density at radius 3 is 2.10 bits per heavy atom. The molecule has 1 aliphatic heterocycles. The molecule has 6 aromatic rings. The number of fused-ring (bicyclic) bond motifs is 4. The number of hydrogen-bond donors (Lipinski definition) is 0. The largest absolute Gasteiger partial charge is 0.258 e. The summed E-state index contributed by atoms with van der Waals surface area (Å²) in [6.45, 7) is 0. The molecular formula is C36H27BrN2. The topological polar surface area (TPSA) is 24.7 Å². The Morgan fingerprint density at radius 1 is 0.615 bits per heavy atom. The summed E-state index contributed by atoms with van der Waals surface area (Å²) in [5.41, 5.74) is 4.56. The Hall–Kier alpha value is -4.08. The first-order valence-electron chi connectivity index (χ1n) is 13.5. The van der Waals surface area contributed by atoms with Gasteiger partial charge < -0.3 is 0 Å². The standard InChI is InChI=1S/C36H27BrN2/c37-35-28-16-7-4-11-24(28)21-22-31(35)36-38-33(25-12-2-1-3-13-25)19-10-20-34(39-36)32-23-26-14-5-6-15-27(26)29-17-8-9-18-30(29)32/h1-9,11-18,21-23,34H,10,19-20H2/b38-33+,39-36-. The molecule has 1 heterocycles. The SMILES string of the molecule is Brc1c(C2=N/C(c3cc4ccccc4c4ccccc34)CCC/C(c3ccccc3)=N\2)ccc2ccccc12. The molecule has 39 heavy (non-hydrogen) atoms. The minimum atomic E-state index is 0.00829. The third-order valence-corrected chi connectivity index (χ3v) is 8.63. The fraction of sp³-hybridized carbons (Fsp3) is 0.111. The summed E-state index contributed by atoms with van der Waals surface area (Å²) in [5.74, 6) is 0.786. The Labute approximate surface area is 236 Å². The molecule has 0 fully saturated rings. The van der Waals surface area contributed by atoms with Gasteiger partial charge >= 0.3 is 0 Å². The van der Waals surface area contributed by atoms with Gasteiger partial charge in [-0.1, -0.05) is 109 Å². The number of nitrogens with zero attached hydrogens (tertiary/aromatic N) is 2. The lowest BCUT2D eigenvalue weighted by Gasteiger charge is -2.22. The molecule has 7 rings (SSSR count). The van der Waals surface area contributed by atoms with Crippen LogP contribution < -0.4 is 0 Å². The average molecular weight is 568 g/mol. The van der Waals surface area contributed by atoms with E-state index in [1.807, 2.05) is 0 Å². The molecule has 1 unspecified atom stereocenters. The predicted molar refractivity (Wildman–Crippen MR) is 169 cm³/mol. The summed E-state index contributed by atoms with van der Waals surface area (Å²) < 4.78 is 1.04. The number of rotatable bonds is 3. The summed E-state index contributed by atoms with van der Waals surface area (Å²) in [7, 11) is 0. The third kappa shape index (κ3) is 4.47. The maximum absolute atomic E-state index is 5.48. The molecule has 0 saturated heterocycles. The van der Waals surface area contributed by atoms with Crippen molar-refractivity contribution in [3.05, 3.63) is 142 Å². The quantitative estimate of drug-likeness (QED) is 0.190. The molecule has 1 atom stereocenters. The lowest BCUT2D eigenvalue weighted by molar-refractivity contribution is 0.626. The van der Waals surface area contributed by atoms with Gasteiger partial charge in [0.1, 0.15) is 0 Å². The smallest absolute Gasteiger partial charge is 0.156 e. The fourth-order valence-corrected chi connectivity index (χ4v) is 6.52. The zero-order valence-electron chi connectivity index (χ0n) is 21.5. The van der Waals surface area contributed by atoms with Crippen LogP contribution in [0.4, 0.5) is 0 Å². The van der Waals surface area contributed by atoms with Crippen molar-refractivity contribution in [2.75, 3.05) is 0 Å². The monoisotopic (exact) mass is 566 g/mol. The van der Waals surface area contributed by atoms with Crippen molar-refractivity contribution < 1.29 is 0 Å². The van der Waals surface area contributed by atoms with E-state index >= 15 is 0 Å². The van der Waals surface area contributed by atoms with Gasteiger partial charge in [-0.2, -0.15) is 0 Å². The maximum atomic E-state index is 5.48. The number of hydrogen-bond acceptors (Lipinski definition) is 2. The first-order chi connectivity index (χ1) is 19.3. The molecule has 0 saturated carbocycles. The number of amidine groups is 1. The second-order valence-electron chi connectivity index (χ2n) is 10.2. The summed E-state index contributed by atoms with van der Waals surface area (Å²) in [5, 5.41) is 7.46. The van der Waals surface area contributed by atoms with Gasteiger partial charge in [0.05, 0.1) is 11.8 Å². The highest BCUT2D eigenvalue weighted by Gasteiger charge is 2.22. The fourth-order valence-electron chi connectivity index (χ4n) is 5.85. The van der Waals surface area contributed by atoms with Gasteiger partial charge in [-0.05, 0) is 90.8 Å². The highest BCUT2D eigenvalue weighted by Crippen LogP contribution is 2.38. The maximum Gasteiger partial charge on any atom is 0.156 e. The van der Waals surface area contributed by atoms with E-state index in [9.17, 15) is 0 Å². The predicted octanol–water partition coefficient (Wildman–Crippen LogP) is 10.1. The molecule has 0 aromatic heterocycles. The molecule has 3 heteroatoms. The van der Waals surface area contributed by atoms with E-state index in [2.05, 4.69) is 137 Å². The van der Waals surface area contributed by atoms with Crippen molar-refractivity contribution in [3.8, 4) is 0 Å². The van der Waals surface area contributed by atoms with Crippen LogP contribution in [0.1, 0.15) is 42.0 Å². The van der Waals surface area contributed by atoms with Crippen molar-refractivity contribution in [1.82, 2.24) is 0 Å². The van der Waals surface area contributed by atoms with Crippen molar-refractivity contribution in [2.24, 2.45) is 9.98 Å². The van der Waals surface area contributed by atoms with Gasteiger partial charge in [0.25, 0.3) is 0 Å². The molecule has 6 aromatic carbocycles. The van der Waals surface area contributed by atoms with E-state index in [1.54, 1.807) is 0 Å². The van der Waals surface area contributed by atoms with Crippen LogP contribution in [-0.2, 0) is 0 Å². The van der Waals surface area contributed by atoms with Crippen LogP contribution in [0.5, 0.6) is 0 Å². The second kappa shape index (κ2) is 10.2. The Kier molecular flexibility index (Phi) is 6.30. The summed E-state index contributed by atoms with van der Waals surface area (Å²) in [6, 6.07) is 43.1. The molecule has 1 aliphatic rings. The first-order valence-corrected chi connectivity index (χ1v) is 14.3. The summed E-state index contributed by atoms with van der Waals surface area (Å²) in [4.78, 5) is 10.8. The van der Waals surface area contributed by atoms with E-state index in [-0.39, 0.29) is 6.04 Å². The van der Waals surface area contributed by atoms with Crippen LogP contribution in [0.15, 0.2) is 136 Å². The Morgan fingerprint density at radius 2 is 1.28 bits per heavy atom. The van der Waals surface area contributed by atoms with Gasteiger partial charge in [-0.25, -0.2) is 4.99 Å². The average Bonchev–Trinajstić information content (AvgIpc) is 2.98. The molecule has 0 N–H and O–H groups in total. The minimum Gasteiger partial charge on any atom is -0.258 e. The first kappa shape index (κ1) is 24.0. The molecule has 0 amide bonds. The zero-order chi connectivity index (χ0) is 26.2. The van der Waals surface area contributed by atoms with E-state index in [0.29, 0.717) is 0 Å². The third-order valence-electron chi connectivity index (χ3n) is 7.78. The molecular weight excluding hydrogens is 540 g/mol. The number of aliphatic imine (C=N–C) groups is 2. The number of benzene rings is 6. The molecule has 0 bridgehead atoms. The summed E-state index contributed by atoms with van der Waals surface area (Å²) in [6.07, 6.45) is 2.90. The highest BCUT2D eigenvalue weighted by molar-refractivity contribution is 9.10. The van der Waals surface area contributed by atoms with Gasteiger partial charge in [0.2, 0.25) is 0 Å². The lowest BCUT2D eigenvalue weighted by atomic mass is 9.90. The van der Waals surface area contributed by atoms with E-state index < -0.39 is 0 Å². The van der Waals surface area contributed by atoms with E-state index in [0.717, 1.165) is 46.4 Å². The minimum absolute atomic E-state index is 0.00829. The van der Waals surface area contributed by atoms with Crippen LogP contribution in [0.2, 0.25) is 0 Å². The number of halogens is 1.